The summed E-state index contributed by atoms with van der Waals surface area (Å²) in [7, 11) is 1.40. The van der Waals surface area contributed by atoms with Gasteiger partial charge in [-0.2, -0.15) is 0 Å². The van der Waals surface area contributed by atoms with Crippen LogP contribution in [0.1, 0.15) is 48.4 Å². The van der Waals surface area contributed by atoms with E-state index in [1.165, 1.54) is 13.2 Å². The standard InChI is InChI=1S/C25H25FN2O6/c1-3-25(32)17-9-20-22-15(11-28(20)23(30)16(17)12-34-24(25)31)13(6-4-5-7-29)14-8-21(33-2)18(26)10-19(14)27-22/h8-10,29,32H,3-7,11-12H2,1-2H3/t25-/m0/s1. The maximum atomic E-state index is 14.5. The first-order valence-electron chi connectivity index (χ1n) is 11.3. The Bertz CT molecular complexity index is 1400. The maximum absolute atomic E-state index is 14.5. The van der Waals surface area contributed by atoms with Crippen LogP contribution in [0, 0.1) is 5.82 Å². The van der Waals surface area contributed by atoms with Gasteiger partial charge in [-0.15, -0.1) is 0 Å². The van der Waals surface area contributed by atoms with Gasteiger partial charge in [-0.3, -0.25) is 4.79 Å². The summed E-state index contributed by atoms with van der Waals surface area (Å²) in [5.74, 6) is -1.23. The molecule has 0 aliphatic carbocycles. The van der Waals surface area contributed by atoms with Crippen LogP contribution >= 0.6 is 0 Å². The minimum atomic E-state index is -1.91. The van der Waals surface area contributed by atoms with Crippen LogP contribution in [0.25, 0.3) is 22.3 Å². The van der Waals surface area contributed by atoms with Crippen LogP contribution in [0.3, 0.4) is 0 Å². The van der Waals surface area contributed by atoms with E-state index in [9.17, 15) is 24.2 Å². The highest BCUT2D eigenvalue weighted by Gasteiger charge is 2.45. The first-order valence-corrected chi connectivity index (χ1v) is 11.3. The molecule has 0 amide bonds. The van der Waals surface area contributed by atoms with Gasteiger partial charge in [0.15, 0.2) is 17.2 Å². The van der Waals surface area contributed by atoms with Crippen molar-refractivity contribution in [1.82, 2.24) is 9.55 Å². The molecule has 2 aromatic heterocycles. The predicted octanol–water partition coefficient (Wildman–Crippen LogP) is 2.54. The third-order valence-corrected chi connectivity index (χ3v) is 6.91. The fourth-order valence-electron chi connectivity index (χ4n) is 5.02. The van der Waals surface area contributed by atoms with Gasteiger partial charge >= 0.3 is 5.97 Å². The first-order chi connectivity index (χ1) is 16.3. The molecule has 0 saturated heterocycles. The van der Waals surface area contributed by atoms with E-state index in [-0.39, 0.29) is 48.6 Å². The Labute approximate surface area is 194 Å². The van der Waals surface area contributed by atoms with Crippen molar-refractivity contribution in [3.63, 3.8) is 0 Å². The summed E-state index contributed by atoms with van der Waals surface area (Å²) in [6, 6.07) is 4.57. The maximum Gasteiger partial charge on any atom is 0.343 e. The zero-order valence-electron chi connectivity index (χ0n) is 19.0. The van der Waals surface area contributed by atoms with Crippen molar-refractivity contribution in [2.75, 3.05) is 13.7 Å². The van der Waals surface area contributed by atoms with Crippen molar-refractivity contribution in [3.8, 4) is 17.1 Å². The highest BCUT2D eigenvalue weighted by atomic mass is 19.1. The molecule has 1 aromatic carbocycles. The molecule has 0 fully saturated rings. The van der Waals surface area contributed by atoms with E-state index < -0.39 is 17.4 Å². The van der Waals surface area contributed by atoms with Gasteiger partial charge in [0.1, 0.15) is 6.61 Å². The molecule has 0 saturated carbocycles. The number of aryl methyl sites for hydroxylation is 1. The van der Waals surface area contributed by atoms with Crippen molar-refractivity contribution in [2.24, 2.45) is 0 Å². The lowest BCUT2D eigenvalue weighted by atomic mass is 9.86. The van der Waals surface area contributed by atoms with Gasteiger partial charge in [-0.1, -0.05) is 6.92 Å². The van der Waals surface area contributed by atoms with Crippen LogP contribution in [0.4, 0.5) is 4.39 Å². The summed E-state index contributed by atoms with van der Waals surface area (Å²) < 4.78 is 26.4. The fourth-order valence-corrected chi connectivity index (χ4v) is 5.02. The van der Waals surface area contributed by atoms with E-state index in [2.05, 4.69) is 0 Å². The Morgan fingerprint density at radius 3 is 2.74 bits per heavy atom. The number of carbonyl (C=O) groups excluding carboxylic acids is 1. The molecule has 9 heteroatoms. The summed E-state index contributed by atoms with van der Waals surface area (Å²) in [6.45, 7) is 1.76. The number of esters is 1. The van der Waals surface area contributed by atoms with Gasteiger partial charge < -0.3 is 24.3 Å². The van der Waals surface area contributed by atoms with E-state index in [0.29, 0.717) is 36.2 Å². The number of hydrogen-bond donors (Lipinski definition) is 2. The number of hydrogen-bond acceptors (Lipinski definition) is 7. The quantitative estimate of drug-likeness (QED) is 0.330. The minimum Gasteiger partial charge on any atom is -0.494 e. The van der Waals surface area contributed by atoms with E-state index in [4.69, 9.17) is 14.5 Å². The number of nitrogens with zero attached hydrogens (tertiary/aromatic N) is 2. The zero-order valence-corrected chi connectivity index (χ0v) is 19.0. The van der Waals surface area contributed by atoms with Crippen molar-refractivity contribution in [3.05, 3.63) is 56.6 Å². The summed E-state index contributed by atoms with van der Waals surface area (Å²) in [5, 5.41) is 21.0. The van der Waals surface area contributed by atoms with Crippen LogP contribution in [0.2, 0.25) is 0 Å². The van der Waals surface area contributed by atoms with E-state index in [1.54, 1.807) is 23.6 Å². The molecule has 34 heavy (non-hydrogen) atoms. The number of ether oxygens (including phenoxy) is 2. The number of methoxy groups -OCH3 is 1. The number of rotatable bonds is 6. The molecule has 2 aliphatic rings. The number of aliphatic hydroxyl groups is 2. The second-order valence-electron chi connectivity index (χ2n) is 8.71. The second kappa shape index (κ2) is 8.18. The summed E-state index contributed by atoms with van der Waals surface area (Å²) in [6.07, 6.45) is 1.94. The largest absolute Gasteiger partial charge is 0.494 e. The molecule has 178 valence electrons. The smallest absolute Gasteiger partial charge is 0.343 e. The van der Waals surface area contributed by atoms with Crippen molar-refractivity contribution >= 4 is 16.9 Å². The molecular weight excluding hydrogens is 443 g/mol. The van der Waals surface area contributed by atoms with Crippen LogP contribution in [0.5, 0.6) is 5.75 Å². The third-order valence-electron chi connectivity index (χ3n) is 6.91. The normalized spacial score (nSPS) is 18.4. The van der Waals surface area contributed by atoms with Gasteiger partial charge in [0.05, 0.1) is 36.1 Å². The monoisotopic (exact) mass is 468 g/mol. The topological polar surface area (TPSA) is 111 Å². The molecule has 8 nitrogen and oxygen atoms in total. The molecule has 0 bridgehead atoms. The SMILES string of the molecule is CC[C@@]1(O)C(=O)OCc2c1cc1n(c2=O)Cc2c-1nc1cc(F)c(OC)cc1c2CCCCO. The Hall–Kier alpha value is -3.30. The zero-order chi connectivity index (χ0) is 24.2. The number of halogens is 1. The first kappa shape index (κ1) is 22.5. The second-order valence-corrected chi connectivity index (χ2v) is 8.71. The average molecular weight is 468 g/mol. The number of benzene rings is 1. The molecule has 3 aromatic rings. The Morgan fingerprint density at radius 2 is 2.03 bits per heavy atom. The minimum absolute atomic E-state index is 0.0527. The fraction of sp³-hybridized carbons (Fsp3) is 0.400. The highest BCUT2D eigenvalue weighted by Crippen LogP contribution is 2.41. The molecule has 0 unspecified atom stereocenters. The van der Waals surface area contributed by atoms with E-state index in [0.717, 1.165) is 16.5 Å². The lowest BCUT2D eigenvalue weighted by Gasteiger charge is -2.31. The predicted molar refractivity (Wildman–Crippen MR) is 121 cm³/mol. The number of unbranched alkanes of at least 4 members (excludes halogenated alkanes) is 1. The molecule has 2 N–H and O–H groups in total. The Kier molecular flexibility index (Phi) is 5.41. The van der Waals surface area contributed by atoms with Gasteiger partial charge in [-0.25, -0.2) is 14.2 Å². The number of carbonyl (C=O) groups is 1. The third kappa shape index (κ3) is 3.14. The molecule has 2 aliphatic heterocycles. The van der Waals surface area contributed by atoms with Crippen molar-refractivity contribution < 1.29 is 28.9 Å². The number of cyclic esters (lactones) is 1. The van der Waals surface area contributed by atoms with Gasteiger partial charge in [0, 0.05) is 29.2 Å². The summed E-state index contributed by atoms with van der Waals surface area (Å²) in [5.41, 5.74) is 1.37. The molecule has 4 heterocycles. The van der Waals surface area contributed by atoms with Crippen LogP contribution in [-0.2, 0) is 34.7 Å². The van der Waals surface area contributed by atoms with E-state index in [1.807, 2.05) is 0 Å². The lowest BCUT2D eigenvalue weighted by molar-refractivity contribution is -0.172. The van der Waals surface area contributed by atoms with Gasteiger partial charge in [-0.05, 0) is 43.4 Å². The number of aromatic nitrogens is 2. The van der Waals surface area contributed by atoms with Crippen molar-refractivity contribution in [1.29, 1.82) is 0 Å². The molecule has 1 atom stereocenters. The average Bonchev–Trinajstić information content (AvgIpc) is 3.20. The Morgan fingerprint density at radius 1 is 1.24 bits per heavy atom. The molecular formula is C25H25FN2O6. The Balaban J connectivity index is 1.78. The lowest BCUT2D eigenvalue weighted by Crippen LogP contribution is -2.44. The summed E-state index contributed by atoms with van der Waals surface area (Å²) >= 11 is 0. The molecule has 5 rings (SSSR count). The van der Waals surface area contributed by atoms with Crippen LogP contribution in [0.15, 0.2) is 23.0 Å². The van der Waals surface area contributed by atoms with Crippen LogP contribution < -0.4 is 10.3 Å². The highest BCUT2D eigenvalue weighted by molar-refractivity contribution is 5.90. The number of pyridine rings is 2. The van der Waals surface area contributed by atoms with Gasteiger partial charge in [0.25, 0.3) is 5.56 Å². The number of fused-ring (bicyclic) bond motifs is 5. The molecule has 0 radical (unpaired) electrons. The summed E-state index contributed by atoms with van der Waals surface area (Å²) in [4.78, 5) is 30.5. The molecule has 0 spiro atoms. The van der Waals surface area contributed by atoms with Gasteiger partial charge in [0.2, 0.25) is 0 Å². The van der Waals surface area contributed by atoms with Crippen LogP contribution in [-0.4, -0.2) is 39.5 Å². The van der Waals surface area contributed by atoms with Crippen molar-refractivity contribution in [2.45, 2.75) is 51.4 Å². The number of aliphatic hydroxyl groups excluding tert-OH is 1. The van der Waals surface area contributed by atoms with E-state index >= 15 is 0 Å².